The number of likely N-dealkylation sites (N-methyl/N-ethyl adjacent to an activating group) is 3. The maximum atomic E-state index is 12.7. The maximum absolute atomic E-state index is 12.7. The second-order valence-corrected chi connectivity index (χ2v) is 13.1. The van der Waals surface area contributed by atoms with E-state index in [0.29, 0.717) is 16.9 Å². The number of amides is 1. The number of carbonyl (C=O) groups is 1. The Morgan fingerprint density at radius 1 is 1.05 bits per heavy atom. The number of methoxy groups -OCH3 is 1. The highest BCUT2D eigenvalue weighted by molar-refractivity contribution is 7.89. The van der Waals surface area contributed by atoms with Crippen LogP contribution >= 0.6 is 0 Å². The molecule has 2 aliphatic rings. The standard InChI is InChI=1S/C15H24N2O5S.C14H28N2/c1-11-8-13(21-5)9-12(2)15(11)23(19,20)17(4)6-7-22-10-14(18)16-3;1-15(2)14-9-6-10-16(12-14)11-13-7-4-3-5-8-13/h8-9H,6-7,10H2,1-5H3,(H,16,18);13-14H,3-12H2,1-2H3/t;14-/m.1/s1. The zero-order valence-corrected chi connectivity index (χ0v) is 26.1. The van der Waals surface area contributed by atoms with Gasteiger partial charge in [-0.25, -0.2) is 8.42 Å². The van der Waals surface area contributed by atoms with Crippen LogP contribution in [-0.2, 0) is 19.6 Å². The largest absolute Gasteiger partial charge is 0.497 e. The molecule has 1 aliphatic carbocycles. The summed E-state index contributed by atoms with van der Waals surface area (Å²) in [6, 6.07) is 4.18. The average Bonchev–Trinajstić information content (AvgIpc) is 2.91. The van der Waals surface area contributed by atoms with Crippen molar-refractivity contribution < 1.29 is 22.7 Å². The molecule has 0 bridgehead atoms. The van der Waals surface area contributed by atoms with Crippen molar-refractivity contribution in [2.24, 2.45) is 5.92 Å². The molecule has 2 fully saturated rings. The summed E-state index contributed by atoms with van der Waals surface area (Å²) in [5.74, 6) is 1.38. The van der Waals surface area contributed by atoms with Crippen molar-refractivity contribution in [1.29, 1.82) is 0 Å². The van der Waals surface area contributed by atoms with E-state index in [9.17, 15) is 13.2 Å². The fourth-order valence-electron chi connectivity index (χ4n) is 5.49. The molecule has 224 valence electrons. The van der Waals surface area contributed by atoms with Crippen molar-refractivity contribution in [3.8, 4) is 5.75 Å². The van der Waals surface area contributed by atoms with Gasteiger partial charge in [0.25, 0.3) is 0 Å². The van der Waals surface area contributed by atoms with Crippen LogP contribution in [0.2, 0.25) is 0 Å². The molecule has 1 amide bonds. The predicted octanol–water partition coefficient (Wildman–Crippen LogP) is 3.29. The second-order valence-electron chi connectivity index (χ2n) is 11.2. The average molecular weight is 569 g/mol. The first-order valence-corrected chi connectivity index (χ1v) is 15.7. The van der Waals surface area contributed by atoms with Gasteiger partial charge in [-0.2, -0.15) is 4.31 Å². The molecule has 1 N–H and O–H groups in total. The van der Waals surface area contributed by atoms with Crippen molar-refractivity contribution in [2.45, 2.75) is 69.7 Å². The van der Waals surface area contributed by atoms with Gasteiger partial charge in [0.15, 0.2) is 0 Å². The molecule has 10 heteroatoms. The molecular weight excluding hydrogens is 516 g/mol. The lowest BCUT2D eigenvalue weighted by Gasteiger charge is -2.38. The first kappa shape index (κ1) is 33.5. The number of hydrogen-bond donors (Lipinski definition) is 1. The number of aryl methyl sites for hydroxylation is 2. The molecule has 0 aromatic heterocycles. The highest BCUT2D eigenvalue weighted by Gasteiger charge is 2.26. The van der Waals surface area contributed by atoms with Crippen LogP contribution < -0.4 is 10.1 Å². The van der Waals surface area contributed by atoms with Crippen molar-refractivity contribution in [3.63, 3.8) is 0 Å². The van der Waals surface area contributed by atoms with Crippen molar-refractivity contribution in [3.05, 3.63) is 23.3 Å². The van der Waals surface area contributed by atoms with Crippen LogP contribution in [-0.4, -0.2) is 109 Å². The SMILES string of the molecule is CN(C)[C@@H]1CCCN(CC2CCCCC2)C1.CNC(=O)COCCN(C)S(=O)(=O)c1c(C)cc(OC)cc1C. The Morgan fingerprint density at radius 3 is 2.26 bits per heavy atom. The summed E-state index contributed by atoms with van der Waals surface area (Å²) in [6.45, 7) is 7.71. The molecule has 1 atom stereocenters. The molecule has 1 saturated heterocycles. The van der Waals surface area contributed by atoms with E-state index in [-0.39, 0.29) is 30.6 Å². The van der Waals surface area contributed by atoms with Gasteiger partial charge in [-0.05, 0) is 89.3 Å². The van der Waals surface area contributed by atoms with Crippen LogP contribution in [0.15, 0.2) is 17.0 Å². The highest BCUT2D eigenvalue weighted by Crippen LogP contribution is 2.28. The van der Waals surface area contributed by atoms with E-state index in [2.05, 4.69) is 29.2 Å². The zero-order valence-electron chi connectivity index (χ0n) is 25.3. The monoisotopic (exact) mass is 568 g/mol. The molecule has 1 aliphatic heterocycles. The quantitative estimate of drug-likeness (QED) is 0.410. The number of rotatable bonds is 11. The van der Waals surface area contributed by atoms with Crippen LogP contribution in [0.5, 0.6) is 5.75 Å². The highest BCUT2D eigenvalue weighted by atomic mass is 32.2. The zero-order chi connectivity index (χ0) is 29.0. The Hall–Kier alpha value is -1.72. The van der Waals surface area contributed by atoms with Crippen LogP contribution in [0.25, 0.3) is 0 Å². The molecule has 3 rings (SSSR count). The number of nitrogens with one attached hydrogen (secondary N) is 1. The Morgan fingerprint density at radius 2 is 1.69 bits per heavy atom. The van der Waals surface area contributed by atoms with E-state index in [0.717, 1.165) is 12.0 Å². The first-order valence-electron chi connectivity index (χ1n) is 14.3. The van der Waals surface area contributed by atoms with Crippen molar-refractivity contribution in [1.82, 2.24) is 19.4 Å². The number of hydrogen-bond acceptors (Lipinski definition) is 7. The van der Waals surface area contributed by atoms with Crippen molar-refractivity contribution >= 4 is 15.9 Å². The van der Waals surface area contributed by atoms with Gasteiger partial charge >= 0.3 is 0 Å². The molecule has 0 unspecified atom stereocenters. The third kappa shape index (κ3) is 10.6. The number of piperidine rings is 1. The molecule has 9 nitrogen and oxygen atoms in total. The lowest BCUT2D eigenvalue weighted by atomic mass is 9.88. The Kier molecular flexibility index (Phi) is 14.2. The molecule has 1 heterocycles. The Balaban J connectivity index is 0.000000290. The third-order valence-electron chi connectivity index (χ3n) is 7.85. The number of benzene rings is 1. The minimum Gasteiger partial charge on any atom is -0.497 e. The Bertz CT molecular complexity index is 972. The molecular formula is C29H52N4O5S. The number of sulfonamides is 1. The summed E-state index contributed by atoms with van der Waals surface area (Å²) in [4.78, 5) is 16.5. The van der Waals surface area contributed by atoms with Gasteiger partial charge in [-0.3, -0.25) is 4.79 Å². The molecule has 0 spiro atoms. The topological polar surface area (TPSA) is 91.4 Å². The van der Waals surface area contributed by atoms with E-state index >= 15 is 0 Å². The third-order valence-corrected chi connectivity index (χ3v) is 10.0. The van der Waals surface area contributed by atoms with Gasteiger partial charge in [-0.15, -0.1) is 0 Å². The van der Waals surface area contributed by atoms with Crippen LogP contribution in [0.1, 0.15) is 56.1 Å². The summed E-state index contributed by atoms with van der Waals surface area (Å²) >= 11 is 0. The van der Waals surface area contributed by atoms with E-state index in [1.165, 1.54) is 90.1 Å². The summed E-state index contributed by atoms with van der Waals surface area (Å²) in [6.07, 6.45) is 10.2. The lowest BCUT2D eigenvalue weighted by Crippen LogP contribution is -2.46. The second kappa shape index (κ2) is 16.5. The Labute approximate surface area is 237 Å². The number of ether oxygens (including phenoxy) is 2. The van der Waals surface area contributed by atoms with Gasteiger partial charge in [0.1, 0.15) is 12.4 Å². The van der Waals surface area contributed by atoms with Crippen LogP contribution in [0, 0.1) is 19.8 Å². The number of carbonyl (C=O) groups excluding carboxylic acids is 1. The minimum atomic E-state index is -3.63. The summed E-state index contributed by atoms with van der Waals surface area (Å²) in [7, 11) is 5.37. The van der Waals surface area contributed by atoms with Gasteiger partial charge < -0.3 is 24.6 Å². The molecule has 1 aromatic rings. The van der Waals surface area contributed by atoms with Crippen LogP contribution in [0.4, 0.5) is 0 Å². The van der Waals surface area contributed by atoms with Gasteiger partial charge in [-0.1, -0.05) is 19.3 Å². The van der Waals surface area contributed by atoms with E-state index in [1.54, 1.807) is 26.0 Å². The fraction of sp³-hybridized carbons (Fsp3) is 0.759. The van der Waals surface area contributed by atoms with Crippen LogP contribution in [0.3, 0.4) is 0 Å². The predicted molar refractivity (Wildman–Crippen MR) is 157 cm³/mol. The van der Waals surface area contributed by atoms with Crippen molar-refractivity contribution in [2.75, 3.05) is 74.7 Å². The smallest absolute Gasteiger partial charge is 0.245 e. The fourth-order valence-corrected chi connectivity index (χ4v) is 7.05. The molecule has 1 aromatic carbocycles. The van der Waals surface area contributed by atoms with Gasteiger partial charge in [0.05, 0.1) is 18.6 Å². The maximum Gasteiger partial charge on any atom is 0.245 e. The number of nitrogens with zero attached hydrogens (tertiary/aromatic N) is 3. The summed E-state index contributed by atoms with van der Waals surface area (Å²) in [5, 5.41) is 2.43. The van der Waals surface area contributed by atoms with E-state index in [1.807, 2.05) is 0 Å². The molecule has 0 radical (unpaired) electrons. The minimum absolute atomic E-state index is 0.0923. The first-order chi connectivity index (χ1) is 18.5. The number of likely N-dealkylation sites (tertiary alicyclic amines) is 1. The molecule has 1 saturated carbocycles. The lowest BCUT2D eigenvalue weighted by molar-refractivity contribution is -0.125. The van der Waals surface area contributed by atoms with Gasteiger partial charge in [0, 0.05) is 39.8 Å². The van der Waals surface area contributed by atoms with Gasteiger partial charge in [0.2, 0.25) is 15.9 Å². The summed E-state index contributed by atoms with van der Waals surface area (Å²) in [5.41, 5.74) is 1.25. The van der Waals surface area contributed by atoms with E-state index in [4.69, 9.17) is 9.47 Å². The molecule has 39 heavy (non-hydrogen) atoms. The normalized spacial score (nSPS) is 19.1. The van der Waals surface area contributed by atoms with E-state index < -0.39 is 10.0 Å². The summed E-state index contributed by atoms with van der Waals surface area (Å²) < 4.78 is 36.9.